The van der Waals surface area contributed by atoms with E-state index in [9.17, 15) is 0 Å². The Hall–Kier alpha value is -1.61. The van der Waals surface area contributed by atoms with Crippen LogP contribution in [-0.2, 0) is 7.05 Å². The lowest BCUT2D eigenvalue weighted by molar-refractivity contribution is 0.790. The smallest absolute Gasteiger partial charge is 0.0968 e. The maximum absolute atomic E-state index is 5.56. The van der Waals surface area contributed by atoms with Crippen LogP contribution in [0.2, 0.25) is 0 Å². The summed E-state index contributed by atoms with van der Waals surface area (Å²) in [5, 5.41) is 5.51. The van der Waals surface area contributed by atoms with E-state index in [1.54, 1.807) is 0 Å². The zero-order valence-electron chi connectivity index (χ0n) is 8.20. The fraction of sp³-hybridized carbons (Fsp3) is 0.182. The van der Waals surface area contributed by atoms with Gasteiger partial charge in [-0.25, -0.2) is 0 Å². The van der Waals surface area contributed by atoms with Crippen molar-refractivity contribution in [3.05, 3.63) is 36.5 Å². The molecule has 14 heavy (non-hydrogen) atoms. The summed E-state index contributed by atoms with van der Waals surface area (Å²) in [5.41, 5.74) is 8.45. The molecular weight excluding hydrogens is 174 g/mol. The van der Waals surface area contributed by atoms with Gasteiger partial charge in [-0.15, -0.1) is 0 Å². The van der Waals surface area contributed by atoms with Crippen LogP contribution in [0.1, 0.15) is 5.69 Å². The van der Waals surface area contributed by atoms with Gasteiger partial charge < -0.3 is 5.73 Å². The molecule has 0 radical (unpaired) electrons. The van der Waals surface area contributed by atoms with Gasteiger partial charge in [0.1, 0.15) is 0 Å². The van der Waals surface area contributed by atoms with E-state index < -0.39 is 0 Å². The van der Waals surface area contributed by atoms with Crippen molar-refractivity contribution in [2.75, 3.05) is 6.54 Å². The van der Waals surface area contributed by atoms with Crippen LogP contribution in [0.3, 0.4) is 0 Å². The third-order valence-corrected chi connectivity index (χ3v) is 2.34. The lowest BCUT2D eigenvalue weighted by Crippen LogP contribution is -2.02. The van der Waals surface area contributed by atoms with E-state index in [4.69, 9.17) is 5.73 Å². The largest absolute Gasteiger partial charge is 0.326 e. The van der Waals surface area contributed by atoms with Crippen LogP contribution in [0.25, 0.3) is 16.5 Å². The molecule has 2 aromatic rings. The highest BCUT2D eigenvalue weighted by Crippen LogP contribution is 2.21. The minimum atomic E-state index is 0.445. The molecule has 0 bridgehead atoms. The number of rotatable bonds is 2. The Morgan fingerprint density at radius 3 is 2.93 bits per heavy atom. The van der Waals surface area contributed by atoms with Gasteiger partial charge in [-0.1, -0.05) is 24.8 Å². The third-order valence-electron chi connectivity index (χ3n) is 2.34. The lowest BCUT2D eigenvalue weighted by Gasteiger charge is -1.96. The first-order valence-electron chi connectivity index (χ1n) is 4.54. The number of hydrogen-bond acceptors (Lipinski definition) is 2. The normalized spacial score (nSPS) is 10.7. The molecule has 1 aromatic heterocycles. The number of para-hydroxylation sites is 1. The van der Waals surface area contributed by atoms with E-state index in [1.807, 2.05) is 36.0 Å². The molecule has 1 heterocycles. The van der Waals surface area contributed by atoms with Crippen LogP contribution < -0.4 is 5.73 Å². The molecule has 0 aliphatic rings. The molecule has 2 N–H and O–H groups in total. The van der Waals surface area contributed by atoms with Gasteiger partial charge in [0, 0.05) is 19.0 Å². The summed E-state index contributed by atoms with van der Waals surface area (Å²) >= 11 is 0. The van der Waals surface area contributed by atoms with E-state index >= 15 is 0 Å². The monoisotopic (exact) mass is 187 g/mol. The van der Waals surface area contributed by atoms with E-state index in [-0.39, 0.29) is 0 Å². The predicted octanol–water partition coefficient (Wildman–Crippen LogP) is 1.55. The van der Waals surface area contributed by atoms with Crippen molar-refractivity contribution in [2.24, 2.45) is 12.8 Å². The van der Waals surface area contributed by atoms with Crippen molar-refractivity contribution in [1.82, 2.24) is 9.78 Å². The maximum atomic E-state index is 5.56. The van der Waals surface area contributed by atoms with Crippen molar-refractivity contribution in [1.29, 1.82) is 0 Å². The molecule has 72 valence electrons. The van der Waals surface area contributed by atoms with Crippen LogP contribution in [-0.4, -0.2) is 16.3 Å². The highest BCUT2D eigenvalue weighted by atomic mass is 15.3. The van der Waals surface area contributed by atoms with Crippen molar-refractivity contribution in [3.8, 4) is 0 Å². The van der Waals surface area contributed by atoms with Crippen LogP contribution in [0.15, 0.2) is 30.8 Å². The van der Waals surface area contributed by atoms with Gasteiger partial charge in [0.05, 0.1) is 11.2 Å². The average Bonchev–Trinajstić information content (AvgIpc) is 2.56. The maximum Gasteiger partial charge on any atom is 0.0968 e. The second-order valence-electron chi connectivity index (χ2n) is 3.30. The Bertz CT molecular complexity index is 482. The molecule has 0 amide bonds. The van der Waals surface area contributed by atoms with Crippen LogP contribution >= 0.6 is 0 Å². The van der Waals surface area contributed by atoms with E-state index in [2.05, 4.69) is 11.7 Å². The SMILES string of the molecule is C=C(CN)c1nn(C)c2ccccc12. The third kappa shape index (κ3) is 1.22. The number of aromatic nitrogens is 2. The summed E-state index contributed by atoms with van der Waals surface area (Å²) in [6.07, 6.45) is 0. The zero-order valence-corrected chi connectivity index (χ0v) is 8.20. The minimum Gasteiger partial charge on any atom is -0.326 e. The molecule has 0 saturated heterocycles. The standard InChI is InChI=1S/C11H13N3/c1-8(7-12)11-9-5-3-4-6-10(9)14(2)13-11/h3-6H,1,7,12H2,2H3. The fourth-order valence-electron chi connectivity index (χ4n) is 1.57. The van der Waals surface area contributed by atoms with E-state index in [0.29, 0.717) is 6.54 Å². The summed E-state index contributed by atoms with van der Waals surface area (Å²) in [7, 11) is 1.93. The minimum absolute atomic E-state index is 0.445. The highest BCUT2D eigenvalue weighted by molar-refractivity contribution is 5.90. The Morgan fingerprint density at radius 2 is 2.21 bits per heavy atom. The summed E-state index contributed by atoms with van der Waals surface area (Å²) < 4.78 is 1.85. The van der Waals surface area contributed by atoms with Crippen molar-refractivity contribution in [2.45, 2.75) is 0 Å². The molecule has 0 aliphatic carbocycles. The number of fused-ring (bicyclic) bond motifs is 1. The second-order valence-corrected chi connectivity index (χ2v) is 3.30. The Kier molecular flexibility index (Phi) is 2.09. The molecule has 2 rings (SSSR count). The van der Waals surface area contributed by atoms with Crippen molar-refractivity contribution >= 4 is 16.5 Å². The van der Waals surface area contributed by atoms with Crippen LogP contribution in [0.4, 0.5) is 0 Å². The molecule has 0 spiro atoms. The molecular formula is C11H13N3. The Balaban J connectivity index is 2.72. The summed E-state index contributed by atoms with van der Waals surface area (Å²) in [6, 6.07) is 8.07. The topological polar surface area (TPSA) is 43.8 Å². The highest BCUT2D eigenvalue weighted by Gasteiger charge is 2.08. The summed E-state index contributed by atoms with van der Waals surface area (Å²) in [6.45, 7) is 4.35. The van der Waals surface area contributed by atoms with Gasteiger partial charge in [-0.05, 0) is 11.6 Å². The molecule has 3 heteroatoms. The molecule has 0 unspecified atom stereocenters. The van der Waals surface area contributed by atoms with Gasteiger partial charge in [0.15, 0.2) is 0 Å². The number of nitrogens with two attached hydrogens (primary N) is 1. The number of nitrogens with zero attached hydrogens (tertiary/aromatic N) is 2. The Morgan fingerprint density at radius 1 is 1.50 bits per heavy atom. The number of hydrogen-bond donors (Lipinski definition) is 1. The number of aryl methyl sites for hydroxylation is 1. The lowest BCUT2D eigenvalue weighted by atomic mass is 10.1. The first-order chi connectivity index (χ1) is 6.74. The summed E-state index contributed by atoms with van der Waals surface area (Å²) in [4.78, 5) is 0. The van der Waals surface area contributed by atoms with Crippen LogP contribution in [0, 0.1) is 0 Å². The average molecular weight is 187 g/mol. The van der Waals surface area contributed by atoms with Gasteiger partial charge in [-0.3, -0.25) is 4.68 Å². The quantitative estimate of drug-likeness (QED) is 0.775. The summed E-state index contributed by atoms with van der Waals surface area (Å²) in [5.74, 6) is 0. The predicted molar refractivity (Wildman–Crippen MR) is 58.8 cm³/mol. The second kappa shape index (κ2) is 3.27. The first-order valence-corrected chi connectivity index (χ1v) is 4.54. The fourth-order valence-corrected chi connectivity index (χ4v) is 1.57. The molecule has 0 aliphatic heterocycles. The van der Waals surface area contributed by atoms with Gasteiger partial charge in [-0.2, -0.15) is 5.10 Å². The molecule has 0 atom stereocenters. The van der Waals surface area contributed by atoms with Gasteiger partial charge in [0.25, 0.3) is 0 Å². The molecule has 3 nitrogen and oxygen atoms in total. The number of benzene rings is 1. The molecule has 0 saturated carbocycles. The van der Waals surface area contributed by atoms with Gasteiger partial charge >= 0.3 is 0 Å². The van der Waals surface area contributed by atoms with E-state index in [1.165, 1.54) is 0 Å². The zero-order chi connectivity index (χ0) is 10.1. The molecule has 1 aromatic carbocycles. The van der Waals surface area contributed by atoms with E-state index in [0.717, 1.165) is 22.2 Å². The molecule has 0 fully saturated rings. The van der Waals surface area contributed by atoms with Gasteiger partial charge in [0.2, 0.25) is 0 Å². The van der Waals surface area contributed by atoms with Crippen molar-refractivity contribution in [3.63, 3.8) is 0 Å². The van der Waals surface area contributed by atoms with Crippen molar-refractivity contribution < 1.29 is 0 Å². The Labute approximate surface area is 82.8 Å². The van der Waals surface area contributed by atoms with Crippen LogP contribution in [0.5, 0.6) is 0 Å². The first kappa shape index (κ1) is 8.97.